The van der Waals surface area contributed by atoms with Gasteiger partial charge in [-0.15, -0.1) is 11.3 Å². The summed E-state index contributed by atoms with van der Waals surface area (Å²) < 4.78 is 1.68. The van der Waals surface area contributed by atoms with Gasteiger partial charge in [0.2, 0.25) is 5.91 Å². The Balaban J connectivity index is 1.47. The first-order valence-corrected chi connectivity index (χ1v) is 11.9. The number of amides is 1. The van der Waals surface area contributed by atoms with Crippen LogP contribution in [-0.4, -0.2) is 15.7 Å². The maximum Gasteiger partial charge on any atom is 0.274 e. The Labute approximate surface area is 180 Å². The minimum Gasteiger partial charge on any atom is -0.350 e. The Morgan fingerprint density at radius 1 is 1.07 bits per heavy atom. The summed E-state index contributed by atoms with van der Waals surface area (Å²) in [6, 6.07) is 11.9. The Morgan fingerprint density at radius 3 is 2.50 bits per heavy atom. The van der Waals surface area contributed by atoms with E-state index in [-0.39, 0.29) is 17.5 Å². The second-order valence-corrected chi connectivity index (χ2v) is 9.58. The average molecular weight is 422 g/mol. The molecule has 156 valence electrons. The van der Waals surface area contributed by atoms with Crippen LogP contribution in [-0.2, 0) is 16.8 Å². The molecule has 2 saturated carbocycles. The number of rotatable bonds is 5. The molecule has 0 atom stereocenters. The van der Waals surface area contributed by atoms with Gasteiger partial charge in [-0.3, -0.25) is 9.59 Å². The van der Waals surface area contributed by atoms with Gasteiger partial charge in [0.05, 0.1) is 29.1 Å². The summed E-state index contributed by atoms with van der Waals surface area (Å²) in [6.45, 7) is 0.347. The summed E-state index contributed by atoms with van der Waals surface area (Å²) >= 11 is 1.67. The summed E-state index contributed by atoms with van der Waals surface area (Å²) in [4.78, 5) is 27.6. The van der Waals surface area contributed by atoms with Crippen molar-refractivity contribution in [1.29, 1.82) is 0 Å². The SMILES string of the molecule is O=C(NCc1nn(C2CCCC2)c(=O)c2ccccc12)C1(c2cccs2)CCCC1. The third-order valence-electron chi connectivity index (χ3n) is 6.88. The highest BCUT2D eigenvalue weighted by atomic mass is 32.1. The number of carbonyl (C=O) groups is 1. The molecule has 0 aliphatic heterocycles. The predicted molar refractivity (Wildman–Crippen MR) is 120 cm³/mol. The third-order valence-corrected chi connectivity index (χ3v) is 7.95. The first-order valence-electron chi connectivity index (χ1n) is 11.0. The number of thiophene rings is 1. The van der Waals surface area contributed by atoms with Crippen LogP contribution in [0, 0.1) is 0 Å². The van der Waals surface area contributed by atoms with Crippen LogP contribution in [0.25, 0.3) is 10.8 Å². The van der Waals surface area contributed by atoms with Crippen molar-refractivity contribution in [3.05, 3.63) is 62.7 Å². The fraction of sp³-hybridized carbons (Fsp3) is 0.458. The Bertz CT molecular complexity index is 1110. The fourth-order valence-electron chi connectivity index (χ4n) is 5.25. The molecule has 2 fully saturated rings. The third kappa shape index (κ3) is 3.27. The molecule has 1 N–H and O–H groups in total. The van der Waals surface area contributed by atoms with E-state index in [2.05, 4.69) is 16.8 Å². The Kier molecular flexibility index (Phi) is 5.19. The highest BCUT2D eigenvalue weighted by Gasteiger charge is 2.43. The zero-order valence-electron chi connectivity index (χ0n) is 17.1. The number of fused-ring (bicyclic) bond motifs is 1. The Hall–Kier alpha value is -2.47. The summed E-state index contributed by atoms with van der Waals surface area (Å²) in [5, 5.41) is 11.5. The molecule has 0 bridgehead atoms. The van der Waals surface area contributed by atoms with Crippen LogP contribution in [0.3, 0.4) is 0 Å². The molecule has 1 aromatic carbocycles. The molecule has 2 heterocycles. The lowest BCUT2D eigenvalue weighted by atomic mass is 9.83. The molecule has 2 aliphatic carbocycles. The molecule has 2 aromatic heterocycles. The smallest absolute Gasteiger partial charge is 0.274 e. The minimum atomic E-state index is -0.413. The molecule has 5 rings (SSSR count). The van der Waals surface area contributed by atoms with Crippen LogP contribution in [0.15, 0.2) is 46.6 Å². The van der Waals surface area contributed by atoms with Crippen LogP contribution in [0.2, 0.25) is 0 Å². The number of benzene rings is 1. The van der Waals surface area contributed by atoms with Crippen molar-refractivity contribution in [2.75, 3.05) is 0 Å². The molecule has 6 heteroatoms. The van der Waals surface area contributed by atoms with E-state index < -0.39 is 5.41 Å². The van der Waals surface area contributed by atoms with Crippen molar-refractivity contribution in [1.82, 2.24) is 15.1 Å². The molecular formula is C24H27N3O2S. The summed E-state index contributed by atoms with van der Waals surface area (Å²) in [6.07, 6.45) is 8.24. The van der Waals surface area contributed by atoms with E-state index in [9.17, 15) is 9.59 Å². The van der Waals surface area contributed by atoms with E-state index >= 15 is 0 Å². The van der Waals surface area contributed by atoms with E-state index in [1.54, 1.807) is 16.0 Å². The number of nitrogens with zero attached hydrogens (tertiary/aromatic N) is 2. The van der Waals surface area contributed by atoms with Crippen molar-refractivity contribution in [2.24, 2.45) is 0 Å². The zero-order valence-corrected chi connectivity index (χ0v) is 17.9. The molecule has 1 amide bonds. The van der Waals surface area contributed by atoms with Gasteiger partial charge in [-0.2, -0.15) is 5.10 Å². The molecule has 0 unspecified atom stereocenters. The van der Waals surface area contributed by atoms with Crippen LogP contribution in [0.4, 0.5) is 0 Å². The van der Waals surface area contributed by atoms with E-state index in [1.165, 1.54) is 0 Å². The van der Waals surface area contributed by atoms with Crippen LogP contribution < -0.4 is 10.9 Å². The number of carbonyl (C=O) groups excluding carboxylic acids is 1. The zero-order chi connectivity index (χ0) is 20.6. The van der Waals surface area contributed by atoms with Crippen molar-refractivity contribution >= 4 is 28.0 Å². The van der Waals surface area contributed by atoms with Gasteiger partial charge in [-0.25, -0.2) is 4.68 Å². The molecule has 5 nitrogen and oxygen atoms in total. The van der Waals surface area contributed by atoms with E-state index in [1.807, 2.05) is 30.3 Å². The van der Waals surface area contributed by atoms with Gasteiger partial charge in [-0.1, -0.05) is 49.9 Å². The molecule has 3 aromatic rings. The quantitative estimate of drug-likeness (QED) is 0.649. The van der Waals surface area contributed by atoms with E-state index in [0.717, 1.165) is 67.3 Å². The molecular weight excluding hydrogens is 394 g/mol. The van der Waals surface area contributed by atoms with Gasteiger partial charge in [-0.05, 0) is 43.2 Å². The summed E-state index contributed by atoms with van der Waals surface area (Å²) in [5.41, 5.74) is 0.354. The minimum absolute atomic E-state index is 0.0153. The topological polar surface area (TPSA) is 64.0 Å². The van der Waals surface area contributed by atoms with Gasteiger partial charge in [0, 0.05) is 10.3 Å². The highest BCUT2D eigenvalue weighted by Crippen LogP contribution is 2.43. The van der Waals surface area contributed by atoms with Gasteiger partial charge < -0.3 is 5.32 Å². The van der Waals surface area contributed by atoms with Crippen LogP contribution >= 0.6 is 11.3 Å². The van der Waals surface area contributed by atoms with Gasteiger partial charge in [0.25, 0.3) is 5.56 Å². The number of hydrogen-bond donors (Lipinski definition) is 1. The van der Waals surface area contributed by atoms with Crippen molar-refractivity contribution in [3.8, 4) is 0 Å². The molecule has 30 heavy (non-hydrogen) atoms. The molecule has 0 saturated heterocycles. The number of hydrogen-bond acceptors (Lipinski definition) is 4. The van der Waals surface area contributed by atoms with Gasteiger partial charge in [0.15, 0.2) is 0 Å². The average Bonchev–Trinajstić information content (AvgIpc) is 3.55. The standard InChI is InChI=1S/C24H27N3O2S/c28-22-19-11-4-3-10-18(19)20(26-27(22)17-8-1-2-9-17)16-25-23(29)24(13-5-6-14-24)21-12-7-15-30-21/h3-4,7,10-12,15,17H,1-2,5-6,8-9,13-14,16H2,(H,25,29). The first kappa shape index (κ1) is 19.5. The lowest BCUT2D eigenvalue weighted by Gasteiger charge is -2.26. The van der Waals surface area contributed by atoms with Crippen molar-refractivity contribution in [2.45, 2.75) is 69.4 Å². The van der Waals surface area contributed by atoms with E-state index in [4.69, 9.17) is 5.10 Å². The molecule has 0 radical (unpaired) electrons. The second-order valence-electron chi connectivity index (χ2n) is 8.63. The maximum absolute atomic E-state index is 13.4. The van der Waals surface area contributed by atoms with E-state index in [0.29, 0.717) is 11.9 Å². The van der Waals surface area contributed by atoms with Crippen LogP contribution in [0.1, 0.15) is 68.0 Å². The lowest BCUT2D eigenvalue weighted by molar-refractivity contribution is -0.126. The van der Waals surface area contributed by atoms with Gasteiger partial charge >= 0.3 is 0 Å². The predicted octanol–water partition coefficient (Wildman–Crippen LogP) is 4.70. The number of nitrogens with one attached hydrogen (secondary N) is 1. The van der Waals surface area contributed by atoms with Crippen molar-refractivity contribution in [3.63, 3.8) is 0 Å². The van der Waals surface area contributed by atoms with Crippen LogP contribution in [0.5, 0.6) is 0 Å². The first-order chi connectivity index (χ1) is 14.7. The van der Waals surface area contributed by atoms with Crippen molar-refractivity contribution < 1.29 is 4.79 Å². The summed E-state index contributed by atoms with van der Waals surface area (Å²) in [5.74, 6) is 0.0898. The molecule has 2 aliphatic rings. The second kappa shape index (κ2) is 7.99. The fourth-order valence-corrected chi connectivity index (χ4v) is 6.23. The Morgan fingerprint density at radius 2 is 1.80 bits per heavy atom. The summed E-state index contributed by atoms with van der Waals surface area (Å²) in [7, 11) is 0. The lowest BCUT2D eigenvalue weighted by Crippen LogP contribution is -2.42. The van der Waals surface area contributed by atoms with Gasteiger partial charge in [0.1, 0.15) is 0 Å². The normalized spacial score (nSPS) is 18.8. The highest BCUT2D eigenvalue weighted by molar-refractivity contribution is 7.10. The number of aromatic nitrogens is 2. The molecule has 0 spiro atoms. The largest absolute Gasteiger partial charge is 0.350 e. The maximum atomic E-state index is 13.4. The monoisotopic (exact) mass is 421 g/mol.